The molecule has 0 aromatic heterocycles. The second kappa shape index (κ2) is 4.62. The number of fused-ring (bicyclic) bond motifs is 1. The van der Waals surface area contributed by atoms with Crippen molar-refractivity contribution in [2.75, 3.05) is 20.3 Å². The van der Waals surface area contributed by atoms with Gasteiger partial charge in [-0.2, -0.15) is 0 Å². The molecular formula is C15H19NO3. The van der Waals surface area contributed by atoms with Crippen molar-refractivity contribution in [3.63, 3.8) is 0 Å². The number of aryl methyl sites for hydroxylation is 2. The average molecular weight is 261 g/mol. The fourth-order valence-corrected chi connectivity index (χ4v) is 3.34. The predicted molar refractivity (Wildman–Crippen MR) is 71.4 cm³/mol. The van der Waals surface area contributed by atoms with Crippen molar-refractivity contribution in [3.8, 4) is 0 Å². The van der Waals surface area contributed by atoms with Crippen LogP contribution in [0, 0.1) is 0 Å². The summed E-state index contributed by atoms with van der Waals surface area (Å²) in [6, 6.07) is 5.84. The summed E-state index contributed by atoms with van der Waals surface area (Å²) < 4.78 is 5.34. The molecule has 0 saturated carbocycles. The van der Waals surface area contributed by atoms with Crippen molar-refractivity contribution in [2.45, 2.75) is 30.7 Å². The van der Waals surface area contributed by atoms with Gasteiger partial charge in [0, 0.05) is 0 Å². The number of carboxylic acids is 1. The number of hydrogen-bond donors (Lipinski definition) is 2. The first-order valence-corrected chi connectivity index (χ1v) is 6.77. The summed E-state index contributed by atoms with van der Waals surface area (Å²) in [6.45, 7) is 0.952. The number of aliphatic carboxylic acids is 1. The van der Waals surface area contributed by atoms with Gasteiger partial charge in [0.15, 0.2) is 0 Å². The highest BCUT2D eigenvalue weighted by Crippen LogP contribution is 2.38. The molecule has 1 aromatic rings. The zero-order valence-corrected chi connectivity index (χ0v) is 11.1. The van der Waals surface area contributed by atoms with Gasteiger partial charge in [-0.3, -0.25) is 4.79 Å². The smallest absolute Gasteiger partial charge is 0.321 e. The van der Waals surface area contributed by atoms with Crippen LogP contribution in [-0.2, 0) is 27.8 Å². The third-order valence-electron chi connectivity index (χ3n) is 4.48. The molecule has 1 unspecified atom stereocenters. The van der Waals surface area contributed by atoms with E-state index >= 15 is 0 Å². The number of hydrogen-bond acceptors (Lipinski definition) is 3. The van der Waals surface area contributed by atoms with Crippen LogP contribution in [0.3, 0.4) is 0 Å². The molecule has 4 heteroatoms. The van der Waals surface area contributed by atoms with E-state index in [4.69, 9.17) is 4.74 Å². The Morgan fingerprint density at radius 1 is 1.37 bits per heavy atom. The molecule has 4 nitrogen and oxygen atoms in total. The van der Waals surface area contributed by atoms with E-state index in [0.717, 1.165) is 18.4 Å². The summed E-state index contributed by atoms with van der Waals surface area (Å²) in [5.74, 6) is -0.814. The first-order chi connectivity index (χ1) is 9.17. The zero-order chi connectivity index (χ0) is 13.5. The van der Waals surface area contributed by atoms with Gasteiger partial charge in [0.2, 0.25) is 0 Å². The molecule has 0 spiro atoms. The van der Waals surface area contributed by atoms with E-state index in [2.05, 4.69) is 23.5 Å². The quantitative estimate of drug-likeness (QED) is 0.852. The molecular weight excluding hydrogens is 242 g/mol. The van der Waals surface area contributed by atoms with Crippen LogP contribution >= 0.6 is 0 Å². The molecule has 1 atom stereocenters. The molecule has 1 aliphatic heterocycles. The van der Waals surface area contributed by atoms with Crippen molar-refractivity contribution >= 4 is 5.97 Å². The number of benzene rings is 1. The highest BCUT2D eigenvalue weighted by Gasteiger charge is 2.50. The maximum atomic E-state index is 11.5. The molecule has 1 saturated heterocycles. The largest absolute Gasteiger partial charge is 0.480 e. The maximum Gasteiger partial charge on any atom is 0.321 e. The first-order valence-electron chi connectivity index (χ1n) is 6.77. The van der Waals surface area contributed by atoms with Crippen LogP contribution in [0.5, 0.6) is 0 Å². The molecule has 102 valence electrons. The SMILES string of the molecule is CNC(C(=O)O)C1(c2ccc3c(c2)CCC3)COC1. The van der Waals surface area contributed by atoms with Crippen LogP contribution in [0.1, 0.15) is 23.1 Å². The minimum Gasteiger partial charge on any atom is -0.480 e. The van der Waals surface area contributed by atoms with Crippen molar-refractivity contribution in [1.82, 2.24) is 5.32 Å². The Balaban J connectivity index is 2.00. The van der Waals surface area contributed by atoms with E-state index in [0.29, 0.717) is 13.2 Å². The van der Waals surface area contributed by atoms with Crippen LogP contribution in [0.2, 0.25) is 0 Å². The summed E-state index contributed by atoms with van der Waals surface area (Å²) >= 11 is 0. The monoisotopic (exact) mass is 261 g/mol. The van der Waals surface area contributed by atoms with Crippen molar-refractivity contribution in [1.29, 1.82) is 0 Å². The van der Waals surface area contributed by atoms with Gasteiger partial charge in [-0.15, -0.1) is 0 Å². The minimum absolute atomic E-state index is 0.418. The van der Waals surface area contributed by atoms with Crippen molar-refractivity contribution < 1.29 is 14.6 Å². The van der Waals surface area contributed by atoms with Gasteiger partial charge in [-0.05, 0) is 43.0 Å². The van der Waals surface area contributed by atoms with Gasteiger partial charge in [-0.1, -0.05) is 18.2 Å². The van der Waals surface area contributed by atoms with Crippen LogP contribution in [-0.4, -0.2) is 37.4 Å². The van der Waals surface area contributed by atoms with Gasteiger partial charge >= 0.3 is 5.97 Å². The molecule has 1 heterocycles. The zero-order valence-electron chi connectivity index (χ0n) is 11.1. The number of ether oxygens (including phenoxy) is 1. The summed E-state index contributed by atoms with van der Waals surface area (Å²) in [6.07, 6.45) is 3.46. The molecule has 2 N–H and O–H groups in total. The second-order valence-electron chi connectivity index (χ2n) is 5.55. The lowest BCUT2D eigenvalue weighted by molar-refractivity contribution is -0.150. The normalized spacial score (nSPS) is 21.5. The average Bonchev–Trinajstić information content (AvgIpc) is 2.79. The van der Waals surface area contributed by atoms with Crippen molar-refractivity contribution in [3.05, 3.63) is 34.9 Å². The molecule has 1 fully saturated rings. The van der Waals surface area contributed by atoms with E-state index in [1.807, 2.05) is 0 Å². The number of likely N-dealkylation sites (N-methyl/N-ethyl adjacent to an activating group) is 1. The minimum atomic E-state index is -0.814. The molecule has 0 radical (unpaired) electrons. The summed E-state index contributed by atoms with van der Waals surface area (Å²) in [4.78, 5) is 11.5. The number of rotatable bonds is 4. The molecule has 2 aliphatic rings. The second-order valence-corrected chi connectivity index (χ2v) is 5.55. The lowest BCUT2D eigenvalue weighted by Crippen LogP contribution is -2.62. The molecule has 0 bridgehead atoms. The standard InChI is InChI=1S/C15H19NO3/c1-16-13(14(17)18)15(8-19-9-15)12-6-5-10-3-2-4-11(10)7-12/h5-7,13,16H,2-4,8-9H2,1H3,(H,17,18). The Morgan fingerprint density at radius 3 is 2.68 bits per heavy atom. The van der Waals surface area contributed by atoms with Gasteiger partial charge in [0.05, 0.1) is 18.6 Å². The van der Waals surface area contributed by atoms with Crippen LogP contribution in [0.15, 0.2) is 18.2 Å². The van der Waals surface area contributed by atoms with E-state index < -0.39 is 17.4 Å². The maximum absolute atomic E-state index is 11.5. The Kier molecular flexibility index (Phi) is 3.07. The Morgan fingerprint density at radius 2 is 2.11 bits per heavy atom. The fourth-order valence-electron chi connectivity index (χ4n) is 3.34. The summed E-state index contributed by atoms with van der Waals surface area (Å²) in [7, 11) is 1.70. The van der Waals surface area contributed by atoms with Gasteiger partial charge in [-0.25, -0.2) is 0 Å². The Bertz CT molecular complexity index is 508. The van der Waals surface area contributed by atoms with Crippen LogP contribution < -0.4 is 5.32 Å². The fraction of sp³-hybridized carbons (Fsp3) is 0.533. The molecule has 1 aromatic carbocycles. The molecule has 3 rings (SSSR count). The van der Waals surface area contributed by atoms with Crippen LogP contribution in [0.25, 0.3) is 0 Å². The summed E-state index contributed by atoms with van der Waals surface area (Å²) in [5.41, 5.74) is 3.47. The molecule has 1 aliphatic carbocycles. The van der Waals surface area contributed by atoms with E-state index in [1.165, 1.54) is 17.5 Å². The number of nitrogens with one attached hydrogen (secondary N) is 1. The van der Waals surface area contributed by atoms with Gasteiger partial charge in [0.1, 0.15) is 6.04 Å². The van der Waals surface area contributed by atoms with E-state index in [-0.39, 0.29) is 0 Å². The summed E-state index contributed by atoms with van der Waals surface area (Å²) in [5, 5.41) is 12.3. The number of carboxylic acid groups (broad SMARTS) is 1. The first kappa shape index (κ1) is 12.6. The molecule has 19 heavy (non-hydrogen) atoms. The Hall–Kier alpha value is -1.39. The van der Waals surface area contributed by atoms with E-state index in [1.54, 1.807) is 7.05 Å². The van der Waals surface area contributed by atoms with Gasteiger partial charge in [0.25, 0.3) is 0 Å². The third-order valence-corrected chi connectivity index (χ3v) is 4.48. The topological polar surface area (TPSA) is 58.6 Å². The Labute approximate surface area is 112 Å². The highest BCUT2D eigenvalue weighted by molar-refractivity contribution is 5.76. The molecule has 0 amide bonds. The third kappa shape index (κ3) is 1.86. The van der Waals surface area contributed by atoms with Crippen LogP contribution in [0.4, 0.5) is 0 Å². The lowest BCUT2D eigenvalue weighted by Gasteiger charge is -2.45. The lowest BCUT2D eigenvalue weighted by atomic mass is 9.72. The van der Waals surface area contributed by atoms with Gasteiger partial charge < -0.3 is 15.2 Å². The number of carbonyl (C=O) groups is 1. The van der Waals surface area contributed by atoms with Crippen molar-refractivity contribution in [2.24, 2.45) is 0 Å². The van der Waals surface area contributed by atoms with E-state index in [9.17, 15) is 9.90 Å². The highest BCUT2D eigenvalue weighted by atomic mass is 16.5. The predicted octanol–water partition coefficient (Wildman–Crippen LogP) is 1.12.